The zero-order valence-electron chi connectivity index (χ0n) is 16.1. The lowest BCUT2D eigenvalue weighted by Crippen LogP contribution is -2.45. The van der Waals surface area contributed by atoms with Crippen molar-refractivity contribution >= 4 is 40.7 Å². The molecule has 2 aromatic carbocycles. The van der Waals surface area contributed by atoms with Crippen LogP contribution in [0.4, 0.5) is 0 Å². The van der Waals surface area contributed by atoms with Crippen LogP contribution in [0.5, 0.6) is 0 Å². The molecule has 0 radical (unpaired) electrons. The number of nitrogens with one attached hydrogen (secondary N) is 2. The number of nitrogens with zero attached hydrogens (tertiary/aromatic N) is 1. The Kier molecular flexibility index (Phi) is 9.30. The summed E-state index contributed by atoms with van der Waals surface area (Å²) in [4.78, 5) is 4.32. The summed E-state index contributed by atoms with van der Waals surface area (Å²) in [6.07, 6.45) is 2.18. The molecule has 0 spiro atoms. The maximum atomic E-state index is 5.86. The normalized spacial score (nSPS) is 18.1. The second kappa shape index (κ2) is 11.5. The van der Waals surface area contributed by atoms with Crippen LogP contribution >= 0.6 is 24.0 Å². The fourth-order valence-corrected chi connectivity index (χ4v) is 3.22. The first kappa shape index (κ1) is 21.9. The largest absolute Gasteiger partial charge is 0.379 e. The van der Waals surface area contributed by atoms with Crippen LogP contribution in [-0.2, 0) is 15.9 Å². The van der Waals surface area contributed by atoms with Gasteiger partial charge in [-0.25, -0.2) is 0 Å². The van der Waals surface area contributed by atoms with E-state index in [4.69, 9.17) is 9.47 Å². The number of ether oxygens (including phenoxy) is 2. The summed E-state index contributed by atoms with van der Waals surface area (Å²) < 4.78 is 11.2. The van der Waals surface area contributed by atoms with E-state index in [-0.39, 0.29) is 36.1 Å². The lowest BCUT2D eigenvalue weighted by atomic mass is 10.0. The van der Waals surface area contributed by atoms with Gasteiger partial charge < -0.3 is 20.1 Å². The van der Waals surface area contributed by atoms with E-state index in [0.29, 0.717) is 13.2 Å². The fourth-order valence-electron chi connectivity index (χ4n) is 3.22. The number of fused-ring (bicyclic) bond motifs is 1. The van der Waals surface area contributed by atoms with Gasteiger partial charge in [0.05, 0.1) is 19.3 Å². The lowest BCUT2D eigenvalue weighted by molar-refractivity contribution is 0.0347. The number of halogens is 1. The molecule has 1 heterocycles. The van der Waals surface area contributed by atoms with Crippen molar-refractivity contribution in [3.05, 3.63) is 48.0 Å². The summed E-state index contributed by atoms with van der Waals surface area (Å²) >= 11 is 0. The van der Waals surface area contributed by atoms with E-state index < -0.39 is 0 Å². The van der Waals surface area contributed by atoms with Gasteiger partial charge in [0, 0.05) is 26.2 Å². The molecule has 1 saturated heterocycles. The van der Waals surface area contributed by atoms with Crippen molar-refractivity contribution < 1.29 is 9.47 Å². The first-order chi connectivity index (χ1) is 12.8. The zero-order valence-corrected chi connectivity index (χ0v) is 18.4. The highest BCUT2D eigenvalue weighted by Gasteiger charge is 2.17. The molecular formula is C21H30IN3O2. The third kappa shape index (κ3) is 6.62. The quantitative estimate of drug-likeness (QED) is 0.361. The van der Waals surface area contributed by atoms with Crippen molar-refractivity contribution in [3.63, 3.8) is 0 Å². The number of rotatable bonds is 7. The molecule has 2 atom stereocenters. The minimum absolute atomic E-state index is 0. The second-order valence-electron chi connectivity index (χ2n) is 6.75. The Labute approximate surface area is 178 Å². The molecule has 27 heavy (non-hydrogen) atoms. The van der Waals surface area contributed by atoms with Gasteiger partial charge in [0.25, 0.3) is 0 Å². The van der Waals surface area contributed by atoms with E-state index in [2.05, 4.69) is 65.0 Å². The molecule has 0 amide bonds. The van der Waals surface area contributed by atoms with Gasteiger partial charge in [-0.2, -0.15) is 0 Å². The Morgan fingerprint density at radius 1 is 1.26 bits per heavy atom. The van der Waals surface area contributed by atoms with Crippen molar-refractivity contribution in [2.75, 3.05) is 33.4 Å². The summed E-state index contributed by atoms with van der Waals surface area (Å²) in [5.74, 6) is 0.809. The predicted molar refractivity (Wildman–Crippen MR) is 122 cm³/mol. The fraction of sp³-hybridized carbons (Fsp3) is 0.476. The lowest BCUT2D eigenvalue weighted by Gasteiger charge is -2.19. The highest BCUT2D eigenvalue weighted by Crippen LogP contribution is 2.18. The number of hydrogen-bond donors (Lipinski definition) is 2. The minimum atomic E-state index is 0. The average Bonchev–Trinajstić information content (AvgIpc) is 3.19. The maximum Gasteiger partial charge on any atom is 0.191 e. The molecular weight excluding hydrogens is 453 g/mol. The summed E-state index contributed by atoms with van der Waals surface area (Å²) in [5.41, 5.74) is 1.35. The Balaban J connectivity index is 0.00000261. The Hall–Kier alpha value is -1.38. The van der Waals surface area contributed by atoms with Crippen molar-refractivity contribution in [2.45, 2.75) is 31.9 Å². The van der Waals surface area contributed by atoms with E-state index in [1.54, 1.807) is 7.05 Å². The third-order valence-electron chi connectivity index (χ3n) is 4.64. The van der Waals surface area contributed by atoms with Gasteiger partial charge in [0.2, 0.25) is 0 Å². The van der Waals surface area contributed by atoms with E-state index in [1.165, 1.54) is 16.3 Å². The van der Waals surface area contributed by atoms with Crippen LogP contribution in [0.2, 0.25) is 0 Å². The maximum absolute atomic E-state index is 5.86. The van der Waals surface area contributed by atoms with E-state index >= 15 is 0 Å². The molecule has 0 saturated carbocycles. The van der Waals surface area contributed by atoms with Crippen LogP contribution in [0.15, 0.2) is 47.5 Å². The van der Waals surface area contributed by atoms with Crippen LogP contribution in [0, 0.1) is 0 Å². The first-order valence-corrected chi connectivity index (χ1v) is 9.39. The molecule has 0 aliphatic carbocycles. The van der Waals surface area contributed by atoms with E-state index in [0.717, 1.165) is 32.0 Å². The number of aliphatic imine (C=N–C) groups is 1. The molecule has 2 aromatic rings. The average molecular weight is 483 g/mol. The summed E-state index contributed by atoms with van der Waals surface area (Å²) in [6.45, 7) is 5.11. The SMILES string of the molecule is CN=C(NCCc1cccc2ccccc12)NC(C)COC1CCOC1.I. The van der Waals surface area contributed by atoms with Crippen molar-refractivity contribution in [1.82, 2.24) is 10.6 Å². The van der Waals surface area contributed by atoms with Crippen molar-refractivity contribution in [2.24, 2.45) is 4.99 Å². The molecule has 0 bridgehead atoms. The van der Waals surface area contributed by atoms with Crippen LogP contribution in [-0.4, -0.2) is 51.5 Å². The molecule has 1 fully saturated rings. The highest BCUT2D eigenvalue weighted by molar-refractivity contribution is 14.0. The number of hydrogen-bond acceptors (Lipinski definition) is 3. The molecule has 5 nitrogen and oxygen atoms in total. The van der Waals surface area contributed by atoms with Gasteiger partial charge in [-0.05, 0) is 36.1 Å². The smallest absolute Gasteiger partial charge is 0.191 e. The van der Waals surface area contributed by atoms with Gasteiger partial charge >= 0.3 is 0 Å². The third-order valence-corrected chi connectivity index (χ3v) is 4.64. The number of benzene rings is 2. The summed E-state index contributed by atoms with van der Waals surface area (Å²) in [6, 6.07) is 15.2. The Morgan fingerprint density at radius 2 is 2.07 bits per heavy atom. The topological polar surface area (TPSA) is 54.9 Å². The molecule has 1 aliphatic rings. The molecule has 148 valence electrons. The standard InChI is InChI=1S/C21H29N3O2.HI/c1-16(14-26-19-11-13-25-15-19)24-21(22-2)23-12-10-18-8-5-7-17-6-3-4-9-20(17)18;/h3-9,16,19H,10-15H2,1-2H3,(H2,22,23,24);1H. The monoisotopic (exact) mass is 483 g/mol. The molecule has 2 unspecified atom stereocenters. The van der Waals surface area contributed by atoms with Crippen molar-refractivity contribution in [3.8, 4) is 0 Å². The number of guanidine groups is 1. The minimum Gasteiger partial charge on any atom is -0.379 e. The summed E-state index contributed by atoms with van der Waals surface area (Å²) in [5, 5.41) is 9.39. The predicted octanol–water partition coefficient (Wildman–Crippen LogP) is 3.36. The van der Waals surface area contributed by atoms with Gasteiger partial charge in [-0.15, -0.1) is 24.0 Å². The molecule has 3 rings (SSSR count). The van der Waals surface area contributed by atoms with Crippen LogP contribution in [0.1, 0.15) is 18.9 Å². The first-order valence-electron chi connectivity index (χ1n) is 9.39. The van der Waals surface area contributed by atoms with Gasteiger partial charge in [0.15, 0.2) is 5.96 Å². The molecule has 6 heteroatoms. The van der Waals surface area contributed by atoms with E-state index in [1.807, 2.05) is 0 Å². The Bertz CT molecular complexity index is 727. The van der Waals surface area contributed by atoms with Crippen molar-refractivity contribution in [1.29, 1.82) is 0 Å². The van der Waals surface area contributed by atoms with Crippen LogP contribution in [0.3, 0.4) is 0 Å². The van der Waals surface area contributed by atoms with Gasteiger partial charge in [0.1, 0.15) is 0 Å². The molecule has 2 N–H and O–H groups in total. The van der Waals surface area contributed by atoms with Gasteiger partial charge in [-0.3, -0.25) is 4.99 Å². The molecule has 1 aliphatic heterocycles. The summed E-state index contributed by atoms with van der Waals surface area (Å²) in [7, 11) is 1.80. The van der Waals surface area contributed by atoms with Crippen LogP contribution in [0.25, 0.3) is 10.8 Å². The Morgan fingerprint density at radius 3 is 2.85 bits per heavy atom. The molecule has 0 aromatic heterocycles. The van der Waals surface area contributed by atoms with Crippen LogP contribution < -0.4 is 10.6 Å². The highest BCUT2D eigenvalue weighted by atomic mass is 127. The second-order valence-corrected chi connectivity index (χ2v) is 6.75. The van der Waals surface area contributed by atoms with Gasteiger partial charge in [-0.1, -0.05) is 42.5 Å². The zero-order chi connectivity index (χ0) is 18.2. The van der Waals surface area contributed by atoms with E-state index in [9.17, 15) is 0 Å².